The third kappa shape index (κ3) is 24.9. The lowest BCUT2D eigenvalue weighted by Gasteiger charge is -2.28. The van der Waals surface area contributed by atoms with E-state index in [1.165, 1.54) is 37.9 Å². The molecule has 11 heterocycles. The highest BCUT2D eigenvalue weighted by atomic mass is 16.5. The summed E-state index contributed by atoms with van der Waals surface area (Å²) in [4.78, 5) is 156. The molecule has 5 aromatic carbocycles. The molecule has 14 aromatic rings. The number of benzene rings is 5. The number of piperidine rings is 1. The number of H-pyrrole nitrogens is 4. The van der Waals surface area contributed by atoms with Crippen molar-refractivity contribution < 1.29 is 28.7 Å². The number of ether oxygens (including phenoxy) is 1. The SMILES string of the molecule is CC(=O)NCCNc1cccc(-c2c[nH]c(=O)c(NC(=O)c3ccc(N4CCCCC4)cc3)c2)n1.CNc1nccc(-c2c[nH]c(=O)c(NC(=O)c3ccc(Cc4ccccc4)cc3)c2)n1.CNc1nccc(-c2c[nH]c(=O)c(NC(=O)c3ccc(OCc4ccccc4)cc3)c2)n1.O=C(Nc1cc(-c2ccncc2)c[nH]c1=O)c1ccc(N2CCNCC2)nc1. The van der Waals surface area contributed by atoms with Crippen LogP contribution in [0.3, 0.4) is 0 Å². The van der Waals surface area contributed by atoms with E-state index < -0.39 is 17.0 Å². The summed E-state index contributed by atoms with van der Waals surface area (Å²) in [6, 6.07) is 64.1. The molecule has 0 aliphatic carbocycles. The number of pyridine rings is 7. The van der Waals surface area contributed by atoms with Crippen molar-refractivity contribution in [2.24, 2.45) is 0 Å². The molecule has 0 saturated carbocycles. The van der Waals surface area contributed by atoms with E-state index in [4.69, 9.17) is 4.74 Å². The first-order valence-corrected chi connectivity index (χ1v) is 40.7. The molecule has 0 radical (unpaired) electrons. The summed E-state index contributed by atoms with van der Waals surface area (Å²) in [6.07, 6.45) is 18.8. The van der Waals surface area contributed by atoms with Gasteiger partial charge in [-0.1, -0.05) is 78.9 Å². The number of anilines is 9. The highest BCUT2D eigenvalue weighted by Gasteiger charge is 2.20. The lowest BCUT2D eigenvalue weighted by atomic mass is 10.0. The van der Waals surface area contributed by atoms with Crippen molar-refractivity contribution in [3.63, 3.8) is 0 Å². The van der Waals surface area contributed by atoms with Crippen molar-refractivity contribution in [3.8, 4) is 50.6 Å². The Bertz CT molecular complexity index is 6290. The molecule has 5 amide bonds. The molecular weight excluding hydrogens is 1600 g/mol. The largest absolute Gasteiger partial charge is 0.489 e. The maximum Gasteiger partial charge on any atom is 0.271 e. The summed E-state index contributed by atoms with van der Waals surface area (Å²) in [5, 5.41) is 25.6. The topological polar surface area (TPSA) is 431 Å². The molecule has 2 saturated heterocycles. The Morgan fingerprint density at radius 2 is 0.873 bits per heavy atom. The van der Waals surface area contributed by atoms with E-state index in [0.717, 1.165) is 79.4 Å². The van der Waals surface area contributed by atoms with Crippen LogP contribution in [0.4, 0.5) is 52.0 Å². The van der Waals surface area contributed by atoms with Gasteiger partial charge in [-0.2, -0.15) is 0 Å². The van der Waals surface area contributed by atoms with Crippen LogP contribution in [0.25, 0.3) is 44.9 Å². The van der Waals surface area contributed by atoms with Gasteiger partial charge in [0, 0.05) is 174 Å². The number of nitrogens with one attached hydrogen (secondary N) is 13. The van der Waals surface area contributed by atoms with Gasteiger partial charge in [-0.25, -0.2) is 29.9 Å². The standard InChI is InChI=1S/C26H30N6O3.C24H21N5O3.C24H21N5O2.C20H20N6O2/c1-18(33)27-12-13-28-24-7-5-6-22(30-24)20-16-23(26(35)29-17-20)31-25(34)19-8-10-21(11-9-19)32-14-3-2-4-15-32;1-25-24-26-12-11-20(29-24)18-13-21(23(31)27-14-18)28-22(30)17-7-9-19(10-8-17)32-15-16-5-3-2-4-6-16;1-25-24-26-12-11-20(29-24)19-14-21(23(31)27-15-19)28-22(30)18-9-7-17(8-10-18)13-16-5-3-2-4-6-16;27-19(15-1-2-18(23-12-15)26-9-7-22-8-10-26)25-17-11-16(13-24-20(17)28)14-3-5-21-6-4-14/h5-11,16-17H,2-4,12-15H2,1H3,(H,27,33)(H,28,30)(H,29,35)(H,31,34);2-14H,15H2,1H3,(H,27,31)(H,28,30)(H,25,26,29);2-12,14-15H,13H2,1H3,(H,27,31)(H,28,30)(H,25,26,29);1-6,11-13,22H,7-10H2,(H,24,28)(H,25,27). The first-order valence-electron chi connectivity index (χ1n) is 40.7. The van der Waals surface area contributed by atoms with Gasteiger partial charge in [0.15, 0.2) is 0 Å². The Hall–Kier alpha value is -16.4. The van der Waals surface area contributed by atoms with Gasteiger partial charge in [-0.3, -0.25) is 48.1 Å². The predicted molar refractivity (Wildman–Crippen MR) is 490 cm³/mol. The maximum absolute atomic E-state index is 12.8. The Labute approximate surface area is 723 Å². The van der Waals surface area contributed by atoms with Crippen LogP contribution in [-0.4, -0.2) is 151 Å². The lowest BCUT2D eigenvalue weighted by Crippen LogP contribution is -2.43. The van der Waals surface area contributed by atoms with Gasteiger partial charge in [0.1, 0.15) is 46.7 Å². The fourth-order valence-corrected chi connectivity index (χ4v) is 13.3. The second-order valence-corrected chi connectivity index (χ2v) is 28.8. The van der Waals surface area contributed by atoms with Gasteiger partial charge >= 0.3 is 0 Å². The van der Waals surface area contributed by atoms with Gasteiger partial charge in [-0.15, -0.1) is 0 Å². The first kappa shape index (κ1) is 87.4. The molecule has 126 heavy (non-hydrogen) atoms. The van der Waals surface area contributed by atoms with Gasteiger partial charge in [-0.05, 0) is 181 Å². The number of hydrogen-bond acceptors (Lipinski definition) is 23. The summed E-state index contributed by atoms with van der Waals surface area (Å²) in [5.41, 5.74) is 10.8. The zero-order chi connectivity index (χ0) is 87.9. The van der Waals surface area contributed by atoms with Gasteiger partial charge in [0.25, 0.3) is 45.9 Å². The van der Waals surface area contributed by atoms with Crippen molar-refractivity contribution in [1.29, 1.82) is 0 Å². The summed E-state index contributed by atoms with van der Waals surface area (Å²) in [6.45, 7) is 8.59. The molecule has 16 rings (SSSR count). The number of nitrogens with zero attached hydrogens (tertiary/aromatic N) is 9. The predicted octanol–water partition coefficient (Wildman–Crippen LogP) is 12.1. The average molecular weight is 1690 g/mol. The van der Waals surface area contributed by atoms with Crippen LogP contribution in [0.2, 0.25) is 0 Å². The molecule has 0 bridgehead atoms. The van der Waals surface area contributed by atoms with E-state index in [1.807, 2.05) is 109 Å². The lowest BCUT2D eigenvalue weighted by molar-refractivity contribution is -0.118. The summed E-state index contributed by atoms with van der Waals surface area (Å²) < 4.78 is 5.74. The summed E-state index contributed by atoms with van der Waals surface area (Å²) in [7, 11) is 3.44. The molecule has 0 spiro atoms. The highest BCUT2D eigenvalue weighted by molar-refractivity contribution is 6.07. The number of rotatable bonds is 25. The molecule has 2 aliphatic rings. The second-order valence-electron chi connectivity index (χ2n) is 28.8. The number of amides is 5. The van der Waals surface area contributed by atoms with Crippen molar-refractivity contribution in [2.45, 2.75) is 39.2 Å². The van der Waals surface area contributed by atoms with Crippen LogP contribution in [0.5, 0.6) is 5.75 Å². The van der Waals surface area contributed by atoms with Crippen LogP contribution in [-0.2, 0) is 17.8 Å². The Kier molecular flexibility index (Phi) is 30.3. The number of carbonyl (C=O) groups excluding carboxylic acids is 5. The Balaban J connectivity index is 0.000000144. The monoisotopic (exact) mass is 1690 g/mol. The third-order valence-electron chi connectivity index (χ3n) is 20.0. The molecule has 13 N–H and O–H groups in total. The minimum absolute atomic E-state index is 0.0886. The van der Waals surface area contributed by atoms with E-state index in [2.05, 4.69) is 125 Å². The maximum atomic E-state index is 12.8. The van der Waals surface area contributed by atoms with Crippen LogP contribution < -0.4 is 84.6 Å². The summed E-state index contributed by atoms with van der Waals surface area (Å²) >= 11 is 0. The minimum atomic E-state index is -0.409. The molecule has 638 valence electrons. The minimum Gasteiger partial charge on any atom is -0.489 e. The number of aromatic amines is 4. The Morgan fingerprint density at radius 3 is 1.37 bits per heavy atom. The quantitative estimate of drug-likeness (QED) is 0.0236. The van der Waals surface area contributed by atoms with E-state index in [1.54, 1.807) is 155 Å². The first-order chi connectivity index (χ1) is 61.4. The molecule has 0 atom stereocenters. The van der Waals surface area contributed by atoms with Crippen LogP contribution in [0.15, 0.2) is 287 Å². The highest BCUT2D eigenvalue weighted by Crippen LogP contribution is 2.27. The van der Waals surface area contributed by atoms with Crippen LogP contribution in [0, 0.1) is 0 Å². The van der Waals surface area contributed by atoms with Crippen LogP contribution >= 0.6 is 0 Å². The molecule has 2 fully saturated rings. The van der Waals surface area contributed by atoms with Crippen LogP contribution in [0.1, 0.15) is 84.3 Å². The van der Waals surface area contributed by atoms with E-state index in [0.29, 0.717) is 99.2 Å². The van der Waals surface area contributed by atoms with Crippen molar-refractivity contribution in [3.05, 3.63) is 348 Å². The Morgan fingerprint density at radius 1 is 0.413 bits per heavy atom. The number of carbonyl (C=O) groups is 5. The van der Waals surface area contributed by atoms with E-state index in [9.17, 15) is 43.2 Å². The van der Waals surface area contributed by atoms with Crippen molar-refractivity contribution >= 4 is 81.5 Å². The van der Waals surface area contributed by atoms with Gasteiger partial charge in [0.05, 0.1) is 22.6 Å². The molecule has 0 unspecified atom stereocenters. The van der Waals surface area contributed by atoms with E-state index in [-0.39, 0.29) is 57.5 Å². The number of piperazine rings is 1. The van der Waals surface area contributed by atoms with Crippen molar-refractivity contribution in [2.75, 3.05) is 113 Å². The zero-order valence-electron chi connectivity index (χ0n) is 69.2. The number of hydrogen-bond donors (Lipinski definition) is 13. The molecular formula is C94H92N22O10. The molecule has 2 aliphatic heterocycles. The van der Waals surface area contributed by atoms with Gasteiger partial charge in [0.2, 0.25) is 17.8 Å². The molecule has 9 aromatic heterocycles. The second kappa shape index (κ2) is 43.7. The van der Waals surface area contributed by atoms with Gasteiger partial charge < -0.3 is 82.3 Å². The average Bonchev–Trinajstić information content (AvgIpc) is 0.834. The third-order valence-corrected chi connectivity index (χ3v) is 20.0. The van der Waals surface area contributed by atoms with Crippen molar-refractivity contribution in [1.82, 2.24) is 65.5 Å². The molecule has 32 heteroatoms. The fourth-order valence-electron chi connectivity index (χ4n) is 13.3. The smallest absolute Gasteiger partial charge is 0.271 e. The van der Waals surface area contributed by atoms with E-state index >= 15 is 0 Å². The summed E-state index contributed by atoms with van der Waals surface area (Å²) in [5.74, 6) is 1.47. The normalized spacial score (nSPS) is 12.0. The fraction of sp³-hybridized carbons (Fsp3) is 0.170. The molecule has 32 nitrogen and oxygen atoms in total. The zero-order valence-corrected chi connectivity index (χ0v) is 69.2. The number of aromatic nitrogens is 11.